The van der Waals surface area contributed by atoms with E-state index >= 15 is 0 Å². The first kappa shape index (κ1) is 13.9. The minimum Gasteiger partial charge on any atom is -0.660 e. The van der Waals surface area contributed by atoms with Crippen molar-refractivity contribution >= 4 is 5.88 Å². The number of nitrogens with zero attached hydrogens (tertiary/aromatic N) is 2. The van der Waals surface area contributed by atoms with Crippen molar-refractivity contribution in [2.24, 2.45) is 0 Å². The van der Waals surface area contributed by atoms with E-state index in [1.165, 1.54) is 13.2 Å². The molecule has 0 radical (unpaired) electrons. The molecule has 2 aromatic carbocycles. The van der Waals surface area contributed by atoms with Crippen LogP contribution in [0.4, 0.5) is 5.88 Å². The van der Waals surface area contributed by atoms with Crippen LogP contribution in [0.15, 0.2) is 53.1 Å². The summed E-state index contributed by atoms with van der Waals surface area (Å²) >= 11 is 0. The number of phenols is 1. The molecule has 0 spiro atoms. The van der Waals surface area contributed by atoms with E-state index in [9.17, 15) is 5.11 Å². The molecule has 0 aliphatic rings. The smallest absolute Gasteiger partial charge is 0.265 e. The van der Waals surface area contributed by atoms with Gasteiger partial charge in [-0.15, -0.1) is 0 Å². The van der Waals surface area contributed by atoms with Gasteiger partial charge in [0.1, 0.15) is 5.88 Å². The van der Waals surface area contributed by atoms with Gasteiger partial charge in [-0.3, -0.25) is 0 Å². The summed E-state index contributed by atoms with van der Waals surface area (Å²) in [5.41, 5.74) is 10.2. The van der Waals surface area contributed by atoms with Crippen LogP contribution in [0.25, 0.3) is 17.0 Å². The fourth-order valence-electron chi connectivity index (χ4n) is 2.26. The van der Waals surface area contributed by atoms with Crippen molar-refractivity contribution in [3.63, 3.8) is 0 Å². The molecule has 112 valence electrons. The maximum atomic E-state index is 9.69. The first-order valence-electron chi connectivity index (χ1n) is 6.71. The number of phenolic OH excluding ortho intramolecular Hbond substituents is 1. The van der Waals surface area contributed by atoms with Crippen LogP contribution in [-0.2, 0) is 6.54 Å². The van der Waals surface area contributed by atoms with Crippen LogP contribution in [0.5, 0.6) is 11.5 Å². The fraction of sp³-hybridized carbons (Fsp3) is 0.125. The topological polar surface area (TPSA) is 83.2 Å². The molecule has 1 heterocycles. The van der Waals surface area contributed by atoms with Crippen LogP contribution in [0.2, 0.25) is 0 Å². The standard InChI is InChI=1S/C16H14N3O3/c1-21-14-9-12(7-8-13(14)20)15-16(17)22-18-19(15)10-11-5-3-2-4-6-11/h2-9,17H,10H2,1H3/q-1/p+1. The Balaban J connectivity index is 2.02. The third-order valence-electron chi connectivity index (χ3n) is 3.33. The lowest BCUT2D eigenvalue weighted by Gasteiger charge is -2.05. The van der Waals surface area contributed by atoms with Crippen LogP contribution in [0.3, 0.4) is 0 Å². The minimum absolute atomic E-state index is 0.0383. The molecule has 0 atom stereocenters. The van der Waals surface area contributed by atoms with Gasteiger partial charge in [0.15, 0.2) is 16.8 Å². The molecule has 6 nitrogen and oxygen atoms in total. The van der Waals surface area contributed by atoms with Crippen LogP contribution in [0, 0.1) is 0 Å². The molecule has 0 bridgehead atoms. The Morgan fingerprint density at radius 3 is 2.73 bits per heavy atom. The second-order valence-electron chi connectivity index (χ2n) is 4.78. The van der Waals surface area contributed by atoms with Crippen molar-refractivity contribution in [2.45, 2.75) is 6.54 Å². The van der Waals surface area contributed by atoms with Crippen molar-refractivity contribution in [3.8, 4) is 22.8 Å². The first-order chi connectivity index (χ1) is 10.7. The Hall–Kier alpha value is -3.02. The van der Waals surface area contributed by atoms with Crippen LogP contribution in [-0.4, -0.2) is 17.5 Å². The van der Waals surface area contributed by atoms with E-state index in [-0.39, 0.29) is 11.6 Å². The summed E-state index contributed by atoms with van der Waals surface area (Å²) in [6.07, 6.45) is 0. The maximum absolute atomic E-state index is 9.69. The summed E-state index contributed by atoms with van der Waals surface area (Å²) < 4.78 is 11.7. The van der Waals surface area contributed by atoms with Crippen LogP contribution in [0.1, 0.15) is 5.56 Å². The number of ether oxygens (including phenoxy) is 1. The number of aromatic nitrogens is 2. The molecular formula is C16H15N3O3. The molecule has 3 aromatic rings. The molecule has 1 aromatic heterocycles. The zero-order valence-corrected chi connectivity index (χ0v) is 12.0. The average Bonchev–Trinajstić information content (AvgIpc) is 2.90. The van der Waals surface area contributed by atoms with Crippen molar-refractivity contribution in [3.05, 3.63) is 59.8 Å². The number of hydrogen-bond acceptors (Lipinski definition) is 4. The van der Waals surface area contributed by atoms with E-state index in [1.807, 2.05) is 30.3 Å². The van der Waals surface area contributed by atoms with Gasteiger partial charge in [-0.25, -0.2) is 0 Å². The lowest BCUT2D eigenvalue weighted by molar-refractivity contribution is -0.745. The monoisotopic (exact) mass is 297 g/mol. The number of benzene rings is 2. The van der Waals surface area contributed by atoms with Gasteiger partial charge in [-0.1, -0.05) is 30.3 Å². The third-order valence-corrected chi connectivity index (χ3v) is 3.33. The third kappa shape index (κ3) is 2.58. The fourth-order valence-corrected chi connectivity index (χ4v) is 2.26. The number of methoxy groups -OCH3 is 1. The van der Waals surface area contributed by atoms with Gasteiger partial charge in [0.05, 0.1) is 12.7 Å². The predicted molar refractivity (Wildman–Crippen MR) is 79.9 cm³/mol. The summed E-state index contributed by atoms with van der Waals surface area (Å²) in [6.45, 7) is 0.488. The number of nitrogens with one attached hydrogen (secondary N) is 1. The van der Waals surface area contributed by atoms with E-state index in [4.69, 9.17) is 15.0 Å². The Morgan fingerprint density at radius 1 is 1.23 bits per heavy atom. The SMILES string of the molecule is COc1cc(-c2c([NH-])on[n+]2Cc2ccccc2)ccc1O. The van der Waals surface area contributed by atoms with E-state index in [0.29, 0.717) is 23.6 Å². The molecular weight excluding hydrogens is 282 g/mol. The first-order valence-corrected chi connectivity index (χ1v) is 6.71. The highest BCUT2D eigenvalue weighted by atomic mass is 16.5. The lowest BCUT2D eigenvalue weighted by Crippen LogP contribution is -2.37. The highest BCUT2D eigenvalue weighted by Gasteiger charge is 2.22. The van der Waals surface area contributed by atoms with Crippen LogP contribution < -0.4 is 9.42 Å². The molecule has 0 fully saturated rings. The number of aromatic hydroxyl groups is 1. The lowest BCUT2D eigenvalue weighted by atomic mass is 10.1. The quantitative estimate of drug-likeness (QED) is 0.750. The molecule has 2 N–H and O–H groups in total. The van der Waals surface area contributed by atoms with Gasteiger partial charge < -0.3 is 20.1 Å². The number of hydrogen-bond donors (Lipinski definition) is 1. The average molecular weight is 297 g/mol. The maximum Gasteiger partial charge on any atom is 0.265 e. The number of rotatable bonds is 4. The second kappa shape index (κ2) is 5.77. The van der Waals surface area contributed by atoms with Gasteiger partial charge in [-0.2, -0.15) is 0 Å². The van der Waals surface area contributed by atoms with E-state index in [0.717, 1.165) is 5.56 Å². The van der Waals surface area contributed by atoms with Crippen molar-refractivity contribution in [1.29, 1.82) is 0 Å². The molecule has 0 amide bonds. The summed E-state index contributed by atoms with van der Waals surface area (Å²) in [5, 5.41) is 13.6. The van der Waals surface area contributed by atoms with Gasteiger partial charge in [0.25, 0.3) is 5.69 Å². The molecule has 0 saturated heterocycles. The van der Waals surface area contributed by atoms with Crippen molar-refractivity contribution < 1.29 is 19.0 Å². The Labute approximate surface area is 127 Å². The van der Waals surface area contributed by atoms with Gasteiger partial charge in [0.2, 0.25) is 6.54 Å². The van der Waals surface area contributed by atoms with E-state index in [2.05, 4.69) is 5.27 Å². The molecule has 0 saturated carbocycles. The molecule has 22 heavy (non-hydrogen) atoms. The van der Waals surface area contributed by atoms with Crippen LogP contribution >= 0.6 is 0 Å². The normalized spacial score (nSPS) is 10.6. The van der Waals surface area contributed by atoms with Gasteiger partial charge >= 0.3 is 0 Å². The van der Waals surface area contributed by atoms with Gasteiger partial charge in [0, 0.05) is 5.56 Å². The molecule has 0 unspecified atom stereocenters. The van der Waals surface area contributed by atoms with Crippen molar-refractivity contribution in [1.82, 2.24) is 5.27 Å². The minimum atomic E-state index is -0.0383. The molecule has 0 aliphatic carbocycles. The Kier molecular flexibility index (Phi) is 3.65. The highest BCUT2D eigenvalue weighted by molar-refractivity contribution is 5.69. The van der Waals surface area contributed by atoms with E-state index in [1.54, 1.807) is 16.8 Å². The zero-order chi connectivity index (χ0) is 15.5. The zero-order valence-electron chi connectivity index (χ0n) is 12.0. The summed E-state index contributed by atoms with van der Waals surface area (Å²) in [6, 6.07) is 14.7. The summed E-state index contributed by atoms with van der Waals surface area (Å²) in [7, 11) is 1.48. The highest BCUT2D eigenvalue weighted by Crippen LogP contribution is 2.33. The van der Waals surface area contributed by atoms with E-state index < -0.39 is 0 Å². The summed E-state index contributed by atoms with van der Waals surface area (Å²) in [4.78, 5) is 0. The molecule has 6 heteroatoms. The summed E-state index contributed by atoms with van der Waals surface area (Å²) in [5.74, 6) is 0.344. The van der Waals surface area contributed by atoms with Gasteiger partial charge in [-0.05, 0) is 22.9 Å². The predicted octanol–water partition coefficient (Wildman–Crippen LogP) is 3.08. The molecule has 3 rings (SSSR count). The van der Waals surface area contributed by atoms with Crippen molar-refractivity contribution in [2.75, 3.05) is 7.11 Å². The Morgan fingerprint density at radius 2 is 2.00 bits per heavy atom. The Bertz CT molecular complexity index is 785. The largest absolute Gasteiger partial charge is 0.660 e. The molecule has 0 aliphatic heterocycles. The second-order valence-corrected chi connectivity index (χ2v) is 4.78.